The van der Waals surface area contributed by atoms with Crippen LogP contribution in [-0.4, -0.2) is 50.0 Å². The van der Waals surface area contributed by atoms with Gasteiger partial charge in [-0.1, -0.05) is 0 Å². The van der Waals surface area contributed by atoms with Crippen LogP contribution in [0.2, 0.25) is 0 Å². The summed E-state index contributed by atoms with van der Waals surface area (Å²) >= 11 is 0. The van der Waals surface area contributed by atoms with Gasteiger partial charge in [-0.2, -0.15) is 0 Å². The molecule has 0 aromatic heterocycles. The van der Waals surface area contributed by atoms with Crippen molar-refractivity contribution in [3.63, 3.8) is 0 Å². The molecule has 1 saturated heterocycles. The predicted molar refractivity (Wildman–Crippen MR) is 118 cm³/mol. The van der Waals surface area contributed by atoms with Crippen LogP contribution in [0.3, 0.4) is 0 Å². The molecule has 2 aliphatic heterocycles. The molecule has 8 heteroatoms. The molecule has 7 nitrogen and oxygen atoms in total. The number of benzene rings is 2. The van der Waals surface area contributed by atoms with Gasteiger partial charge >= 0.3 is 0 Å². The Morgan fingerprint density at radius 3 is 2.29 bits per heavy atom. The summed E-state index contributed by atoms with van der Waals surface area (Å²) in [4.78, 5) is 27.4. The van der Waals surface area contributed by atoms with Crippen molar-refractivity contribution in [3.8, 4) is 5.75 Å². The first-order valence-corrected chi connectivity index (χ1v) is 12.1. The minimum absolute atomic E-state index is 0.0955. The summed E-state index contributed by atoms with van der Waals surface area (Å²) in [6.45, 7) is 4.98. The van der Waals surface area contributed by atoms with E-state index in [-0.39, 0.29) is 11.7 Å². The van der Waals surface area contributed by atoms with E-state index in [0.717, 1.165) is 17.4 Å². The van der Waals surface area contributed by atoms with Crippen molar-refractivity contribution < 1.29 is 22.7 Å². The highest BCUT2D eigenvalue weighted by Crippen LogP contribution is 2.40. The summed E-state index contributed by atoms with van der Waals surface area (Å²) in [6, 6.07) is 10.2. The van der Waals surface area contributed by atoms with Gasteiger partial charge in [-0.15, -0.1) is 0 Å². The van der Waals surface area contributed by atoms with Crippen molar-refractivity contribution in [1.82, 2.24) is 4.90 Å². The molecule has 2 aromatic rings. The fraction of sp³-hybridized carbons (Fsp3) is 0.391. The molecule has 1 spiro atoms. The standard InChI is InChI=1S/C23H26N2O5S/c1-15-12-19-20(26)14-23(30-21(19)13-16(15)2)8-10-25(11-9-23)22(27)17-4-6-18(7-5-17)24-31(3,28)29/h4-7,12-13,24H,8-11,14H2,1-3H3. The van der Waals surface area contributed by atoms with Gasteiger partial charge in [0.05, 0.1) is 18.2 Å². The quantitative estimate of drug-likeness (QED) is 0.787. The second-order valence-electron chi connectivity index (χ2n) is 8.56. The largest absolute Gasteiger partial charge is 0.486 e. The van der Waals surface area contributed by atoms with Crippen molar-refractivity contribution in [2.75, 3.05) is 24.1 Å². The lowest BCUT2D eigenvalue weighted by Gasteiger charge is -2.44. The number of amides is 1. The third-order valence-electron chi connectivity index (χ3n) is 6.10. The lowest BCUT2D eigenvalue weighted by Crippen LogP contribution is -2.52. The summed E-state index contributed by atoms with van der Waals surface area (Å²) in [5, 5.41) is 0. The summed E-state index contributed by atoms with van der Waals surface area (Å²) in [6.07, 6.45) is 2.58. The van der Waals surface area contributed by atoms with Crippen molar-refractivity contribution in [2.24, 2.45) is 0 Å². The molecule has 0 atom stereocenters. The molecule has 2 heterocycles. The highest BCUT2D eigenvalue weighted by molar-refractivity contribution is 7.92. The number of anilines is 1. The minimum Gasteiger partial charge on any atom is -0.486 e. The van der Waals surface area contributed by atoms with Crippen LogP contribution in [0.25, 0.3) is 0 Å². The molecule has 0 unspecified atom stereocenters. The van der Waals surface area contributed by atoms with E-state index in [1.165, 1.54) is 0 Å². The Balaban J connectivity index is 1.44. The van der Waals surface area contributed by atoms with Crippen LogP contribution in [0.4, 0.5) is 5.69 Å². The SMILES string of the molecule is Cc1cc2c(cc1C)C(=O)CC1(CCN(C(=O)c3ccc(NS(C)(=O)=O)cc3)CC1)O2. The number of rotatable bonds is 3. The first-order chi connectivity index (χ1) is 14.6. The summed E-state index contributed by atoms with van der Waals surface area (Å²) in [7, 11) is -3.36. The molecule has 1 amide bonds. The van der Waals surface area contributed by atoms with E-state index in [4.69, 9.17) is 4.74 Å². The fourth-order valence-electron chi connectivity index (χ4n) is 4.22. The number of likely N-dealkylation sites (tertiary alicyclic amines) is 1. The molecule has 4 rings (SSSR count). The molecule has 164 valence electrons. The lowest BCUT2D eigenvalue weighted by atomic mass is 9.81. The normalized spacial score (nSPS) is 17.8. The van der Waals surface area contributed by atoms with Crippen LogP contribution < -0.4 is 9.46 Å². The molecule has 0 radical (unpaired) electrons. The van der Waals surface area contributed by atoms with Gasteiger partial charge in [0.15, 0.2) is 5.78 Å². The van der Waals surface area contributed by atoms with Gasteiger partial charge in [0.25, 0.3) is 5.91 Å². The van der Waals surface area contributed by atoms with Crippen LogP contribution in [0.5, 0.6) is 5.75 Å². The van der Waals surface area contributed by atoms with Crippen LogP contribution in [0.15, 0.2) is 36.4 Å². The highest BCUT2D eigenvalue weighted by atomic mass is 32.2. The number of hydrogen-bond donors (Lipinski definition) is 1. The van der Waals surface area contributed by atoms with Crippen molar-refractivity contribution in [2.45, 2.75) is 38.7 Å². The number of hydrogen-bond acceptors (Lipinski definition) is 5. The zero-order valence-corrected chi connectivity index (χ0v) is 18.7. The third kappa shape index (κ3) is 4.44. The van der Waals surface area contributed by atoms with E-state index < -0.39 is 15.6 Å². The minimum atomic E-state index is -3.36. The maximum Gasteiger partial charge on any atom is 0.253 e. The maximum atomic E-state index is 12.9. The van der Waals surface area contributed by atoms with Crippen LogP contribution >= 0.6 is 0 Å². The lowest BCUT2D eigenvalue weighted by molar-refractivity contribution is -0.00575. The first kappa shape index (κ1) is 21.4. The Hall–Kier alpha value is -2.87. The van der Waals surface area contributed by atoms with E-state index in [0.29, 0.717) is 54.9 Å². The Morgan fingerprint density at radius 2 is 1.68 bits per heavy atom. The van der Waals surface area contributed by atoms with E-state index in [9.17, 15) is 18.0 Å². The van der Waals surface area contributed by atoms with E-state index >= 15 is 0 Å². The molecule has 1 fully saturated rings. The molecule has 2 aliphatic rings. The number of nitrogens with zero attached hydrogens (tertiary/aromatic N) is 1. The second kappa shape index (κ2) is 7.67. The van der Waals surface area contributed by atoms with Gasteiger partial charge < -0.3 is 9.64 Å². The Morgan fingerprint density at radius 1 is 1.06 bits per heavy atom. The van der Waals surface area contributed by atoms with Gasteiger partial charge in [0.1, 0.15) is 11.4 Å². The number of ketones is 1. The third-order valence-corrected chi connectivity index (χ3v) is 6.71. The van der Waals surface area contributed by atoms with Gasteiger partial charge in [0.2, 0.25) is 10.0 Å². The fourth-order valence-corrected chi connectivity index (χ4v) is 4.79. The van der Waals surface area contributed by atoms with Crippen molar-refractivity contribution in [3.05, 3.63) is 58.7 Å². The Bertz CT molecular complexity index is 1150. The molecule has 31 heavy (non-hydrogen) atoms. The first-order valence-electron chi connectivity index (χ1n) is 10.3. The van der Waals surface area contributed by atoms with E-state index in [1.807, 2.05) is 26.0 Å². The number of carbonyl (C=O) groups is 2. The average Bonchev–Trinajstić information content (AvgIpc) is 2.69. The second-order valence-corrected chi connectivity index (χ2v) is 10.3. The van der Waals surface area contributed by atoms with Gasteiger partial charge in [-0.25, -0.2) is 8.42 Å². The topological polar surface area (TPSA) is 92.8 Å². The number of sulfonamides is 1. The number of carbonyl (C=O) groups excluding carboxylic acids is 2. The molecular weight excluding hydrogens is 416 g/mol. The number of aryl methyl sites for hydroxylation is 2. The van der Waals surface area contributed by atoms with Gasteiger partial charge in [-0.3, -0.25) is 14.3 Å². The zero-order valence-electron chi connectivity index (χ0n) is 17.9. The number of Topliss-reactive ketones (excluding diaryl/α,β-unsaturated/α-hetero) is 1. The molecule has 0 bridgehead atoms. The van der Waals surface area contributed by atoms with Crippen molar-refractivity contribution in [1.29, 1.82) is 0 Å². The molecular formula is C23H26N2O5S. The average molecular weight is 443 g/mol. The van der Waals surface area contributed by atoms with E-state index in [2.05, 4.69) is 4.72 Å². The predicted octanol–water partition coefficient (Wildman–Crippen LogP) is 3.32. The summed E-state index contributed by atoms with van der Waals surface area (Å²) in [5.74, 6) is 0.626. The summed E-state index contributed by atoms with van der Waals surface area (Å²) in [5.41, 5.74) is 3.15. The molecule has 0 aliphatic carbocycles. The van der Waals surface area contributed by atoms with Gasteiger partial charge in [-0.05, 0) is 61.4 Å². The number of ether oxygens (including phenoxy) is 1. The number of nitrogens with one attached hydrogen (secondary N) is 1. The zero-order chi connectivity index (χ0) is 22.4. The van der Waals surface area contributed by atoms with E-state index in [1.54, 1.807) is 29.2 Å². The van der Waals surface area contributed by atoms with Crippen LogP contribution in [0.1, 0.15) is 51.1 Å². The van der Waals surface area contributed by atoms with Gasteiger partial charge in [0, 0.05) is 37.2 Å². The molecule has 1 N–H and O–H groups in total. The Labute approximate surface area is 182 Å². The van der Waals surface area contributed by atoms with Crippen LogP contribution in [-0.2, 0) is 10.0 Å². The van der Waals surface area contributed by atoms with Crippen LogP contribution in [0, 0.1) is 13.8 Å². The highest BCUT2D eigenvalue weighted by Gasteiger charge is 2.43. The number of piperidine rings is 1. The number of fused-ring (bicyclic) bond motifs is 1. The smallest absolute Gasteiger partial charge is 0.253 e. The maximum absolute atomic E-state index is 12.9. The summed E-state index contributed by atoms with van der Waals surface area (Å²) < 4.78 is 31.4. The van der Waals surface area contributed by atoms with Crippen molar-refractivity contribution >= 4 is 27.4 Å². The monoisotopic (exact) mass is 442 g/mol. The molecule has 0 saturated carbocycles. The Kier molecular flexibility index (Phi) is 5.29. The molecule has 2 aromatic carbocycles.